The first kappa shape index (κ1) is 15.0. The highest BCUT2D eigenvalue weighted by molar-refractivity contribution is 5.93. The minimum atomic E-state index is -0.802. The Morgan fingerprint density at radius 2 is 2.06 bits per heavy atom. The first-order valence-corrected chi connectivity index (χ1v) is 6.49. The van der Waals surface area contributed by atoms with Gasteiger partial charge in [0.25, 0.3) is 0 Å². The molecule has 0 radical (unpaired) electrons. The van der Waals surface area contributed by atoms with Crippen LogP contribution in [-0.4, -0.2) is 48.6 Å². The monoisotopic (exact) mass is 256 g/mol. The van der Waals surface area contributed by atoms with Crippen molar-refractivity contribution < 1.29 is 14.3 Å². The Hall–Kier alpha value is -1.10. The van der Waals surface area contributed by atoms with Gasteiger partial charge in [0, 0.05) is 32.7 Å². The van der Waals surface area contributed by atoms with E-state index >= 15 is 0 Å². The van der Waals surface area contributed by atoms with Crippen molar-refractivity contribution in [3.63, 3.8) is 0 Å². The molecular weight excluding hydrogens is 232 g/mol. The molecule has 0 aromatic carbocycles. The van der Waals surface area contributed by atoms with Crippen LogP contribution in [0.3, 0.4) is 0 Å². The van der Waals surface area contributed by atoms with Gasteiger partial charge in [-0.3, -0.25) is 9.59 Å². The highest BCUT2D eigenvalue weighted by Crippen LogP contribution is 2.18. The molecule has 18 heavy (non-hydrogen) atoms. The summed E-state index contributed by atoms with van der Waals surface area (Å²) in [5, 5.41) is 2.78. The molecule has 0 aromatic rings. The number of methoxy groups -OCH3 is 1. The number of nitrogens with zero attached hydrogens (tertiary/aromatic N) is 1. The van der Waals surface area contributed by atoms with Gasteiger partial charge >= 0.3 is 0 Å². The molecule has 104 valence electrons. The van der Waals surface area contributed by atoms with E-state index in [2.05, 4.69) is 5.32 Å². The molecule has 2 amide bonds. The van der Waals surface area contributed by atoms with E-state index in [1.807, 2.05) is 11.8 Å². The highest BCUT2D eigenvalue weighted by Gasteiger charge is 2.39. The average molecular weight is 256 g/mol. The number of hydrogen-bond acceptors (Lipinski definition) is 3. The van der Waals surface area contributed by atoms with E-state index in [-0.39, 0.29) is 17.9 Å². The Bertz CT molecular complexity index is 315. The van der Waals surface area contributed by atoms with Crippen molar-refractivity contribution in [1.82, 2.24) is 10.2 Å². The van der Waals surface area contributed by atoms with E-state index in [1.54, 1.807) is 21.0 Å². The van der Waals surface area contributed by atoms with Gasteiger partial charge < -0.3 is 15.0 Å². The van der Waals surface area contributed by atoms with Crippen LogP contribution in [0.25, 0.3) is 0 Å². The maximum absolute atomic E-state index is 12.4. The second-order valence-corrected chi connectivity index (χ2v) is 5.42. The molecule has 0 bridgehead atoms. The molecular formula is C13H24N2O3. The van der Waals surface area contributed by atoms with Crippen LogP contribution in [0.4, 0.5) is 0 Å². The summed E-state index contributed by atoms with van der Waals surface area (Å²) in [4.78, 5) is 25.8. The standard InChI is InChI=1S/C13H24N2O3/c1-10-9-11(16)14-13(2,3)12(17)15(10)7-5-6-8-18-4/h10H,5-9H2,1-4H3,(H,14,16). The van der Waals surface area contributed by atoms with E-state index in [4.69, 9.17) is 4.74 Å². The summed E-state index contributed by atoms with van der Waals surface area (Å²) in [6.07, 6.45) is 2.20. The largest absolute Gasteiger partial charge is 0.385 e. The summed E-state index contributed by atoms with van der Waals surface area (Å²) in [7, 11) is 1.67. The normalized spacial score (nSPS) is 23.8. The number of ether oxygens (including phenoxy) is 1. The minimum Gasteiger partial charge on any atom is -0.385 e. The van der Waals surface area contributed by atoms with E-state index in [0.717, 1.165) is 12.8 Å². The second-order valence-electron chi connectivity index (χ2n) is 5.42. The van der Waals surface area contributed by atoms with Gasteiger partial charge in [-0.25, -0.2) is 0 Å². The molecule has 0 saturated carbocycles. The molecule has 1 aliphatic rings. The summed E-state index contributed by atoms with van der Waals surface area (Å²) in [6, 6.07) is -0.0400. The molecule has 0 aromatic heterocycles. The zero-order valence-electron chi connectivity index (χ0n) is 11.8. The Kier molecular flexibility index (Phi) is 5.14. The minimum absolute atomic E-state index is 0.00160. The van der Waals surface area contributed by atoms with Crippen LogP contribution < -0.4 is 5.32 Å². The predicted octanol–water partition coefficient (Wildman–Crippen LogP) is 0.929. The van der Waals surface area contributed by atoms with Crippen LogP contribution in [0.5, 0.6) is 0 Å². The van der Waals surface area contributed by atoms with Crippen molar-refractivity contribution in [3.8, 4) is 0 Å². The van der Waals surface area contributed by atoms with Gasteiger partial charge in [0.15, 0.2) is 0 Å². The van der Waals surface area contributed by atoms with Gasteiger partial charge in [-0.2, -0.15) is 0 Å². The fourth-order valence-corrected chi connectivity index (χ4v) is 2.24. The lowest BCUT2D eigenvalue weighted by Crippen LogP contribution is -2.53. The number of nitrogens with one attached hydrogen (secondary N) is 1. The van der Waals surface area contributed by atoms with Crippen molar-refractivity contribution in [2.45, 2.75) is 51.6 Å². The molecule has 1 N–H and O–H groups in total. The van der Waals surface area contributed by atoms with Gasteiger partial charge in [-0.05, 0) is 33.6 Å². The molecule has 1 aliphatic heterocycles. The van der Waals surface area contributed by atoms with Crippen molar-refractivity contribution in [1.29, 1.82) is 0 Å². The van der Waals surface area contributed by atoms with Crippen LogP contribution in [-0.2, 0) is 14.3 Å². The SMILES string of the molecule is COCCCCN1C(=O)C(C)(C)NC(=O)CC1C. The quantitative estimate of drug-likeness (QED) is 0.744. The fourth-order valence-electron chi connectivity index (χ4n) is 2.24. The molecule has 1 fully saturated rings. The maximum Gasteiger partial charge on any atom is 0.247 e. The van der Waals surface area contributed by atoms with Crippen LogP contribution in [0, 0.1) is 0 Å². The first-order valence-electron chi connectivity index (χ1n) is 6.49. The summed E-state index contributed by atoms with van der Waals surface area (Å²) in [5.74, 6) is -0.0569. The maximum atomic E-state index is 12.4. The molecule has 1 heterocycles. The highest BCUT2D eigenvalue weighted by atomic mass is 16.5. The van der Waals surface area contributed by atoms with Gasteiger partial charge in [0.2, 0.25) is 11.8 Å². The van der Waals surface area contributed by atoms with Crippen molar-refractivity contribution >= 4 is 11.8 Å². The topological polar surface area (TPSA) is 58.6 Å². The van der Waals surface area contributed by atoms with Gasteiger partial charge in [0.05, 0.1) is 0 Å². The third-order valence-electron chi connectivity index (χ3n) is 3.26. The zero-order chi connectivity index (χ0) is 13.8. The van der Waals surface area contributed by atoms with E-state index in [1.165, 1.54) is 0 Å². The first-order chi connectivity index (χ1) is 8.38. The summed E-state index contributed by atoms with van der Waals surface area (Å²) < 4.78 is 5.00. The Balaban J connectivity index is 2.67. The van der Waals surface area contributed by atoms with Crippen molar-refractivity contribution in [2.24, 2.45) is 0 Å². The molecule has 1 atom stereocenters. The van der Waals surface area contributed by atoms with Crippen molar-refractivity contribution in [3.05, 3.63) is 0 Å². The van der Waals surface area contributed by atoms with Crippen molar-refractivity contribution in [2.75, 3.05) is 20.3 Å². The number of amides is 2. The Labute approximate surface area is 109 Å². The lowest BCUT2D eigenvalue weighted by Gasteiger charge is -2.32. The molecule has 5 nitrogen and oxygen atoms in total. The molecule has 1 saturated heterocycles. The molecule has 1 rings (SSSR count). The number of carbonyl (C=O) groups excluding carboxylic acids is 2. The summed E-state index contributed by atoms with van der Waals surface area (Å²) in [5.41, 5.74) is -0.802. The van der Waals surface area contributed by atoms with Gasteiger partial charge in [-0.1, -0.05) is 0 Å². The van der Waals surface area contributed by atoms with E-state index in [0.29, 0.717) is 19.6 Å². The number of hydrogen-bond donors (Lipinski definition) is 1. The predicted molar refractivity (Wildman–Crippen MR) is 69.1 cm³/mol. The molecule has 0 aliphatic carbocycles. The lowest BCUT2D eigenvalue weighted by atomic mass is 10.0. The molecule has 1 unspecified atom stereocenters. The molecule has 5 heteroatoms. The third kappa shape index (κ3) is 3.70. The number of unbranched alkanes of at least 4 members (excludes halogenated alkanes) is 1. The number of carbonyl (C=O) groups is 2. The zero-order valence-corrected chi connectivity index (χ0v) is 11.8. The second kappa shape index (κ2) is 6.18. The summed E-state index contributed by atoms with van der Waals surface area (Å²) in [6.45, 7) is 6.83. The smallest absolute Gasteiger partial charge is 0.247 e. The lowest BCUT2D eigenvalue weighted by molar-refractivity contribution is -0.138. The van der Waals surface area contributed by atoms with Crippen LogP contribution in [0.1, 0.15) is 40.0 Å². The fraction of sp³-hybridized carbons (Fsp3) is 0.846. The Morgan fingerprint density at radius 3 is 2.67 bits per heavy atom. The van der Waals surface area contributed by atoms with Crippen LogP contribution >= 0.6 is 0 Å². The van der Waals surface area contributed by atoms with Gasteiger partial charge in [-0.15, -0.1) is 0 Å². The Morgan fingerprint density at radius 1 is 1.39 bits per heavy atom. The average Bonchev–Trinajstić information content (AvgIpc) is 2.32. The summed E-state index contributed by atoms with van der Waals surface area (Å²) >= 11 is 0. The number of rotatable bonds is 5. The van der Waals surface area contributed by atoms with Gasteiger partial charge in [0.1, 0.15) is 5.54 Å². The molecule has 0 spiro atoms. The van der Waals surface area contributed by atoms with E-state index in [9.17, 15) is 9.59 Å². The van der Waals surface area contributed by atoms with Crippen LogP contribution in [0.2, 0.25) is 0 Å². The van der Waals surface area contributed by atoms with Crippen LogP contribution in [0.15, 0.2) is 0 Å². The van der Waals surface area contributed by atoms with E-state index < -0.39 is 5.54 Å². The third-order valence-corrected chi connectivity index (χ3v) is 3.26.